The van der Waals surface area contributed by atoms with Crippen LogP contribution < -0.4 is 20.5 Å². The molecule has 1 aromatic rings. The van der Waals surface area contributed by atoms with Gasteiger partial charge < -0.3 is 20.5 Å². The normalized spacial score (nSPS) is 13.9. The zero-order valence-corrected chi connectivity index (χ0v) is 11.8. The van der Waals surface area contributed by atoms with E-state index in [1.54, 1.807) is 0 Å². The molecule has 19 heavy (non-hydrogen) atoms. The van der Waals surface area contributed by atoms with Gasteiger partial charge in [0.2, 0.25) is 12.7 Å². The maximum Gasteiger partial charge on any atom is 0.237 e. The van der Waals surface area contributed by atoms with Crippen molar-refractivity contribution >= 4 is 18.3 Å². The summed E-state index contributed by atoms with van der Waals surface area (Å²) < 4.78 is 10.6. The van der Waals surface area contributed by atoms with Crippen molar-refractivity contribution in [1.29, 1.82) is 0 Å². The van der Waals surface area contributed by atoms with Crippen LogP contribution >= 0.6 is 12.4 Å². The number of para-hydroxylation sites is 1. The van der Waals surface area contributed by atoms with Crippen LogP contribution in [0.15, 0.2) is 18.2 Å². The molecule has 1 heterocycles. The molecule has 0 unspecified atom stereocenters. The van der Waals surface area contributed by atoms with Gasteiger partial charge in [0, 0.05) is 12.1 Å². The van der Waals surface area contributed by atoms with Gasteiger partial charge in [-0.2, -0.15) is 0 Å². The Morgan fingerprint density at radius 3 is 2.84 bits per heavy atom. The highest BCUT2D eigenvalue weighted by molar-refractivity contribution is 5.85. The van der Waals surface area contributed by atoms with Crippen molar-refractivity contribution in [3.63, 3.8) is 0 Å². The van der Waals surface area contributed by atoms with Crippen LogP contribution in [-0.2, 0) is 11.3 Å². The van der Waals surface area contributed by atoms with E-state index in [1.165, 1.54) is 0 Å². The Balaban J connectivity index is 0.00000180. The van der Waals surface area contributed by atoms with E-state index < -0.39 is 6.04 Å². The standard InChI is InChI=1S/C13H18N2O3.ClH/c1-8(2)11(14)13(16)15-6-9-4-3-5-10-12(9)18-7-17-10;/h3-5,8,11H,6-7,14H2,1-2H3,(H,15,16);1H/t11-;/m1./s1. The predicted molar refractivity (Wildman–Crippen MR) is 74.5 cm³/mol. The number of halogens is 1. The van der Waals surface area contributed by atoms with E-state index in [4.69, 9.17) is 15.2 Å². The third-order valence-corrected chi connectivity index (χ3v) is 2.95. The molecule has 0 bridgehead atoms. The number of nitrogens with one attached hydrogen (secondary N) is 1. The van der Waals surface area contributed by atoms with Gasteiger partial charge in [-0.3, -0.25) is 4.79 Å². The molecule has 1 aliphatic rings. The monoisotopic (exact) mass is 286 g/mol. The van der Waals surface area contributed by atoms with E-state index in [-0.39, 0.29) is 31.0 Å². The molecule has 6 heteroatoms. The average Bonchev–Trinajstić information content (AvgIpc) is 2.83. The summed E-state index contributed by atoms with van der Waals surface area (Å²) in [4.78, 5) is 11.7. The van der Waals surface area contributed by atoms with Crippen molar-refractivity contribution < 1.29 is 14.3 Å². The average molecular weight is 287 g/mol. The highest BCUT2D eigenvalue weighted by Crippen LogP contribution is 2.35. The number of hydrogen-bond donors (Lipinski definition) is 2. The summed E-state index contributed by atoms with van der Waals surface area (Å²) >= 11 is 0. The van der Waals surface area contributed by atoms with Crippen molar-refractivity contribution in [3.8, 4) is 11.5 Å². The Kier molecular flexibility index (Phi) is 5.44. The zero-order valence-electron chi connectivity index (χ0n) is 11.0. The van der Waals surface area contributed by atoms with Crippen LogP contribution in [0.25, 0.3) is 0 Å². The van der Waals surface area contributed by atoms with Crippen LogP contribution in [0.5, 0.6) is 11.5 Å². The summed E-state index contributed by atoms with van der Waals surface area (Å²) in [5.74, 6) is 1.39. The summed E-state index contributed by atoms with van der Waals surface area (Å²) in [5.41, 5.74) is 6.67. The second-order valence-electron chi connectivity index (χ2n) is 4.64. The fraction of sp³-hybridized carbons (Fsp3) is 0.462. The molecule has 5 nitrogen and oxygen atoms in total. The third kappa shape index (κ3) is 3.52. The highest BCUT2D eigenvalue weighted by atomic mass is 35.5. The van der Waals surface area contributed by atoms with Gasteiger partial charge in [0.25, 0.3) is 0 Å². The van der Waals surface area contributed by atoms with Crippen molar-refractivity contribution in [2.24, 2.45) is 11.7 Å². The maximum atomic E-state index is 11.7. The number of amides is 1. The third-order valence-electron chi connectivity index (χ3n) is 2.95. The number of ether oxygens (including phenoxy) is 2. The molecular weight excluding hydrogens is 268 g/mol. The fourth-order valence-electron chi connectivity index (χ4n) is 1.73. The smallest absolute Gasteiger partial charge is 0.237 e. The molecule has 0 saturated heterocycles. The van der Waals surface area contributed by atoms with Gasteiger partial charge >= 0.3 is 0 Å². The first-order valence-corrected chi connectivity index (χ1v) is 6.00. The molecule has 3 N–H and O–H groups in total. The first-order chi connectivity index (χ1) is 8.59. The molecule has 106 valence electrons. The molecule has 0 radical (unpaired) electrons. The molecule has 0 aliphatic carbocycles. The Bertz CT molecular complexity index is 452. The van der Waals surface area contributed by atoms with Crippen molar-refractivity contribution in [1.82, 2.24) is 5.32 Å². The van der Waals surface area contributed by atoms with Crippen molar-refractivity contribution in [3.05, 3.63) is 23.8 Å². The molecule has 0 saturated carbocycles. The lowest BCUT2D eigenvalue weighted by molar-refractivity contribution is -0.123. The number of carbonyl (C=O) groups is 1. The molecule has 2 rings (SSSR count). The Morgan fingerprint density at radius 1 is 1.42 bits per heavy atom. The van der Waals surface area contributed by atoms with Crippen molar-refractivity contribution in [2.75, 3.05) is 6.79 Å². The van der Waals surface area contributed by atoms with Gasteiger partial charge in [-0.1, -0.05) is 26.0 Å². The maximum absolute atomic E-state index is 11.7. The van der Waals surface area contributed by atoms with Gasteiger partial charge in [0.15, 0.2) is 11.5 Å². The van der Waals surface area contributed by atoms with Gasteiger partial charge in [-0.25, -0.2) is 0 Å². The highest BCUT2D eigenvalue weighted by Gasteiger charge is 2.20. The SMILES string of the molecule is CC(C)[C@@H](N)C(=O)NCc1cccc2c1OCO2.Cl. The van der Waals surface area contributed by atoms with Crippen LogP contribution in [0.4, 0.5) is 0 Å². The lowest BCUT2D eigenvalue weighted by Crippen LogP contribution is -2.43. The Morgan fingerprint density at radius 2 is 2.16 bits per heavy atom. The number of fused-ring (bicyclic) bond motifs is 1. The molecule has 0 fully saturated rings. The van der Waals surface area contributed by atoms with Crippen LogP contribution in [0.2, 0.25) is 0 Å². The van der Waals surface area contributed by atoms with E-state index in [1.807, 2.05) is 32.0 Å². The molecule has 1 amide bonds. The Hall–Kier alpha value is -1.46. The summed E-state index contributed by atoms with van der Waals surface area (Å²) in [6.07, 6.45) is 0. The second-order valence-corrected chi connectivity index (χ2v) is 4.64. The Labute approximate surface area is 118 Å². The van der Waals surface area contributed by atoms with E-state index in [0.717, 1.165) is 11.3 Å². The summed E-state index contributed by atoms with van der Waals surface area (Å²) in [6.45, 7) is 4.46. The largest absolute Gasteiger partial charge is 0.454 e. The predicted octanol–water partition coefficient (Wildman–Crippen LogP) is 1.44. The van der Waals surface area contributed by atoms with E-state index in [0.29, 0.717) is 12.3 Å². The minimum atomic E-state index is -0.487. The topological polar surface area (TPSA) is 73.6 Å². The summed E-state index contributed by atoms with van der Waals surface area (Å²) in [7, 11) is 0. The molecule has 1 aliphatic heterocycles. The lowest BCUT2D eigenvalue weighted by atomic mass is 10.0. The van der Waals surface area contributed by atoms with E-state index in [2.05, 4.69) is 5.32 Å². The lowest BCUT2D eigenvalue weighted by Gasteiger charge is -2.15. The second kappa shape index (κ2) is 6.63. The molecule has 0 spiro atoms. The first-order valence-electron chi connectivity index (χ1n) is 6.00. The molecule has 0 aromatic heterocycles. The number of rotatable bonds is 4. The van der Waals surface area contributed by atoms with Crippen molar-refractivity contribution in [2.45, 2.75) is 26.4 Å². The minimum Gasteiger partial charge on any atom is -0.454 e. The first kappa shape index (κ1) is 15.6. The summed E-state index contributed by atoms with van der Waals surface area (Å²) in [5, 5.41) is 2.81. The van der Waals surface area contributed by atoms with E-state index >= 15 is 0 Å². The molecular formula is C13H19ClN2O3. The number of nitrogens with two attached hydrogens (primary N) is 1. The number of hydrogen-bond acceptors (Lipinski definition) is 4. The molecule has 1 atom stereocenters. The van der Waals surface area contributed by atoms with Gasteiger partial charge in [-0.05, 0) is 12.0 Å². The van der Waals surface area contributed by atoms with Crippen LogP contribution in [0.1, 0.15) is 19.4 Å². The van der Waals surface area contributed by atoms with Gasteiger partial charge in [0.05, 0.1) is 6.04 Å². The van der Waals surface area contributed by atoms with Crippen LogP contribution in [-0.4, -0.2) is 18.7 Å². The van der Waals surface area contributed by atoms with E-state index in [9.17, 15) is 4.79 Å². The van der Waals surface area contributed by atoms with Crippen LogP contribution in [0.3, 0.4) is 0 Å². The summed E-state index contributed by atoms with van der Waals surface area (Å²) in [6, 6.07) is 5.12. The quantitative estimate of drug-likeness (QED) is 0.878. The van der Waals surface area contributed by atoms with Gasteiger partial charge in [0.1, 0.15) is 0 Å². The van der Waals surface area contributed by atoms with Crippen LogP contribution in [0, 0.1) is 5.92 Å². The zero-order chi connectivity index (χ0) is 13.1. The number of carbonyl (C=O) groups excluding carboxylic acids is 1. The van der Waals surface area contributed by atoms with Gasteiger partial charge in [-0.15, -0.1) is 12.4 Å². The minimum absolute atomic E-state index is 0. The number of benzene rings is 1. The fourth-order valence-corrected chi connectivity index (χ4v) is 1.73. The molecule has 1 aromatic carbocycles.